The van der Waals surface area contributed by atoms with Gasteiger partial charge in [0.15, 0.2) is 0 Å². The summed E-state index contributed by atoms with van der Waals surface area (Å²) in [6.45, 7) is 0. The number of anilines is 3. The molecule has 5 nitrogen and oxygen atoms in total. The zero-order valence-electron chi connectivity index (χ0n) is 11.0. The lowest BCUT2D eigenvalue weighted by Gasteiger charge is -2.15. The SMILES string of the molecule is CN(c1cccc(C#N)c1)c1nc2ccc(N)cc2[nH]1. The highest BCUT2D eigenvalue weighted by Gasteiger charge is 2.10. The number of imidazole rings is 1. The van der Waals surface area contributed by atoms with Crippen molar-refractivity contribution in [1.82, 2.24) is 9.97 Å². The summed E-state index contributed by atoms with van der Waals surface area (Å²) < 4.78 is 0. The van der Waals surface area contributed by atoms with Crippen molar-refractivity contribution in [1.29, 1.82) is 5.26 Å². The van der Waals surface area contributed by atoms with Gasteiger partial charge in [-0.25, -0.2) is 4.98 Å². The zero-order chi connectivity index (χ0) is 14.1. The second-order valence-corrected chi connectivity index (χ2v) is 4.56. The summed E-state index contributed by atoms with van der Waals surface area (Å²) in [6.07, 6.45) is 0. The number of hydrogen-bond donors (Lipinski definition) is 2. The van der Waals surface area contributed by atoms with Crippen LogP contribution in [-0.4, -0.2) is 17.0 Å². The molecule has 0 aliphatic rings. The third-order valence-corrected chi connectivity index (χ3v) is 3.17. The van der Waals surface area contributed by atoms with Crippen molar-refractivity contribution in [2.45, 2.75) is 0 Å². The third kappa shape index (κ3) is 2.04. The number of benzene rings is 2. The third-order valence-electron chi connectivity index (χ3n) is 3.17. The Morgan fingerprint density at radius 3 is 2.90 bits per heavy atom. The molecule has 0 aliphatic heterocycles. The number of nitrogens with one attached hydrogen (secondary N) is 1. The first-order valence-corrected chi connectivity index (χ1v) is 6.16. The van der Waals surface area contributed by atoms with E-state index in [0.717, 1.165) is 16.7 Å². The number of aromatic amines is 1. The summed E-state index contributed by atoms with van der Waals surface area (Å²) in [4.78, 5) is 9.64. The van der Waals surface area contributed by atoms with E-state index in [2.05, 4.69) is 16.0 Å². The molecule has 98 valence electrons. The van der Waals surface area contributed by atoms with Crippen molar-refractivity contribution in [3.8, 4) is 6.07 Å². The first-order valence-electron chi connectivity index (χ1n) is 6.16. The average molecular weight is 263 g/mol. The van der Waals surface area contributed by atoms with Crippen LogP contribution in [0.15, 0.2) is 42.5 Å². The molecule has 1 aromatic heterocycles. The predicted molar refractivity (Wildman–Crippen MR) is 79.7 cm³/mol. The van der Waals surface area contributed by atoms with E-state index >= 15 is 0 Å². The van der Waals surface area contributed by atoms with Crippen LogP contribution in [0.2, 0.25) is 0 Å². The highest BCUT2D eigenvalue weighted by atomic mass is 15.2. The Labute approximate surface area is 116 Å². The summed E-state index contributed by atoms with van der Waals surface area (Å²) in [5.41, 5.74) is 9.73. The van der Waals surface area contributed by atoms with Crippen molar-refractivity contribution >= 4 is 28.4 Å². The maximum atomic E-state index is 8.95. The zero-order valence-corrected chi connectivity index (χ0v) is 11.0. The second kappa shape index (κ2) is 4.59. The van der Waals surface area contributed by atoms with Crippen LogP contribution in [0.4, 0.5) is 17.3 Å². The lowest BCUT2D eigenvalue weighted by Crippen LogP contribution is -2.11. The van der Waals surface area contributed by atoms with Crippen LogP contribution in [-0.2, 0) is 0 Å². The van der Waals surface area contributed by atoms with E-state index in [-0.39, 0.29) is 0 Å². The van der Waals surface area contributed by atoms with Gasteiger partial charge in [0.05, 0.1) is 22.7 Å². The molecule has 0 fully saturated rings. The minimum absolute atomic E-state index is 0.620. The van der Waals surface area contributed by atoms with Crippen molar-refractivity contribution in [3.63, 3.8) is 0 Å². The first-order chi connectivity index (χ1) is 9.67. The van der Waals surface area contributed by atoms with Crippen LogP contribution in [0.1, 0.15) is 5.56 Å². The Morgan fingerprint density at radius 1 is 1.25 bits per heavy atom. The maximum Gasteiger partial charge on any atom is 0.208 e. The predicted octanol–water partition coefficient (Wildman–Crippen LogP) is 2.78. The fourth-order valence-electron chi connectivity index (χ4n) is 2.08. The Morgan fingerprint density at radius 2 is 2.10 bits per heavy atom. The number of rotatable bonds is 2. The fraction of sp³-hybridized carbons (Fsp3) is 0.0667. The smallest absolute Gasteiger partial charge is 0.208 e. The van der Waals surface area contributed by atoms with E-state index in [0.29, 0.717) is 17.2 Å². The van der Waals surface area contributed by atoms with E-state index in [1.165, 1.54) is 0 Å². The number of hydrogen-bond acceptors (Lipinski definition) is 4. The Balaban J connectivity index is 2.03. The number of nitrogens with two attached hydrogens (primary N) is 1. The van der Waals surface area contributed by atoms with Crippen molar-refractivity contribution in [2.24, 2.45) is 0 Å². The van der Waals surface area contributed by atoms with Gasteiger partial charge in [-0.1, -0.05) is 6.07 Å². The standard InChI is InChI=1S/C15H13N5/c1-20(12-4-2-3-10(7-12)9-16)15-18-13-6-5-11(17)8-14(13)19-15/h2-8H,17H2,1H3,(H,18,19). The van der Waals surface area contributed by atoms with Gasteiger partial charge in [-0.15, -0.1) is 0 Å². The highest BCUT2D eigenvalue weighted by molar-refractivity contribution is 5.81. The molecule has 0 aliphatic carbocycles. The van der Waals surface area contributed by atoms with Crippen molar-refractivity contribution in [2.75, 3.05) is 17.7 Å². The van der Waals surface area contributed by atoms with Crippen LogP contribution in [0, 0.1) is 11.3 Å². The molecule has 20 heavy (non-hydrogen) atoms. The summed E-state index contributed by atoms with van der Waals surface area (Å²) >= 11 is 0. The molecule has 2 aromatic carbocycles. The lowest BCUT2D eigenvalue weighted by molar-refractivity contribution is 1.10. The Bertz CT molecular complexity index is 812. The van der Waals surface area contributed by atoms with Gasteiger partial charge in [0.2, 0.25) is 5.95 Å². The van der Waals surface area contributed by atoms with Gasteiger partial charge in [-0.2, -0.15) is 5.26 Å². The molecule has 0 saturated carbocycles. The molecule has 0 atom stereocenters. The van der Waals surface area contributed by atoms with Gasteiger partial charge < -0.3 is 15.6 Å². The molecular weight excluding hydrogens is 250 g/mol. The van der Waals surface area contributed by atoms with E-state index in [9.17, 15) is 0 Å². The molecule has 0 bridgehead atoms. The average Bonchev–Trinajstić information content (AvgIpc) is 2.89. The van der Waals surface area contributed by atoms with Crippen LogP contribution < -0.4 is 10.6 Å². The molecule has 3 rings (SSSR count). The molecule has 3 aromatic rings. The quantitative estimate of drug-likeness (QED) is 0.696. The second-order valence-electron chi connectivity index (χ2n) is 4.56. The summed E-state index contributed by atoms with van der Waals surface area (Å²) in [7, 11) is 1.90. The van der Waals surface area contributed by atoms with E-state index in [1.807, 2.05) is 48.3 Å². The minimum Gasteiger partial charge on any atom is -0.399 e. The topological polar surface area (TPSA) is 81.7 Å². The van der Waals surface area contributed by atoms with Gasteiger partial charge in [0, 0.05) is 18.4 Å². The van der Waals surface area contributed by atoms with E-state index in [4.69, 9.17) is 11.0 Å². The van der Waals surface area contributed by atoms with Crippen LogP contribution in [0.3, 0.4) is 0 Å². The number of fused-ring (bicyclic) bond motifs is 1. The molecule has 5 heteroatoms. The normalized spacial score (nSPS) is 10.4. The molecule has 0 unspecified atom stereocenters. The van der Waals surface area contributed by atoms with E-state index < -0.39 is 0 Å². The van der Waals surface area contributed by atoms with Crippen LogP contribution in [0.25, 0.3) is 11.0 Å². The van der Waals surface area contributed by atoms with E-state index in [1.54, 1.807) is 6.07 Å². The van der Waals surface area contributed by atoms with Gasteiger partial charge in [0.25, 0.3) is 0 Å². The molecule has 0 spiro atoms. The Hall–Kier alpha value is -3.00. The highest BCUT2D eigenvalue weighted by Crippen LogP contribution is 2.25. The number of nitriles is 1. The number of H-pyrrole nitrogens is 1. The fourth-order valence-corrected chi connectivity index (χ4v) is 2.08. The Kier molecular flexibility index (Phi) is 2.77. The van der Waals surface area contributed by atoms with Crippen molar-refractivity contribution < 1.29 is 0 Å². The number of aromatic nitrogens is 2. The summed E-state index contributed by atoms with van der Waals surface area (Å²) in [5.74, 6) is 0.709. The van der Waals surface area contributed by atoms with Gasteiger partial charge in [-0.3, -0.25) is 0 Å². The van der Waals surface area contributed by atoms with Crippen molar-refractivity contribution in [3.05, 3.63) is 48.0 Å². The molecule has 0 radical (unpaired) electrons. The number of nitrogen functional groups attached to an aromatic ring is 1. The molecule has 3 N–H and O–H groups in total. The van der Waals surface area contributed by atoms with Gasteiger partial charge in [-0.05, 0) is 36.4 Å². The lowest BCUT2D eigenvalue weighted by atomic mass is 10.2. The largest absolute Gasteiger partial charge is 0.399 e. The molecular formula is C15H13N5. The van der Waals surface area contributed by atoms with Gasteiger partial charge in [0.1, 0.15) is 0 Å². The number of nitrogens with zero attached hydrogens (tertiary/aromatic N) is 3. The maximum absolute atomic E-state index is 8.95. The molecule has 0 saturated heterocycles. The van der Waals surface area contributed by atoms with Crippen LogP contribution in [0.5, 0.6) is 0 Å². The first kappa shape index (κ1) is 12.1. The molecule has 1 heterocycles. The molecule has 0 amide bonds. The summed E-state index contributed by atoms with van der Waals surface area (Å²) in [5, 5.41) is 8.95. The minimum atomic E-state index is 0.620. The summed E-state index contributed by atoms with van der Waals surface area (Å²) in [6, 6.07) is 15.1. The van der Waals surface area contributed by atoms with Gasteiger partial charge >= 0.3 is 0 Å². The monoisotopic (exact) mass is 263 g/mol. The van der Waals surface area contributed by atoms with Crippen LogP contribution >= 0.6 is 0 Å².